The number of fused-ring (bicyclic) bond motifs is 6. The summed E-state index contributed by atoms with van der Waals surface area (Å²) in [5.74, 6) is 1.18. The van der Waals surface area contributed by atoms with Crippen LogP contribution in [-0.2, 0) is 12.4 Å². The molecule has 12 rings (SSSR count). The lowest BCUT2D eigenvalue weighted by atomic mass is 9.93. The summed E-state index contributed by atoms with van der Waals surface area (Å²) in [4.78, 5) is 15.0. The second kappa shape index (κ2) is 17.0. The lowest BCUT2D eigenvalue weighted by Crippen LogP contribution is -2.05. The van der Waals surface area contributed by atoms with Gasteiger partial charge in [0, 0.05) is 49.4 Å². The lowest BCUT2D eigenvalue weighted by molar-refractivity contribution is -0.138. The smallest absolute Gasteiger partial charge is 0.309 e. The van der Waals surface area contributed by atoms with Crippen LogP contribution in [-0.4, -0.2) is 24.1 Å². The fraction of sp³-hybridized carbons (Fsp3) is 0.0333. The number of para-hydroxylation sites is 2. The Bertz CT molecular complexity index is 4090. The number of nitrogens with zero attached hydrogens (tertiary/aromatic N) is 6. The Balaban J connectivity index is 1.22. The second-order valence-electron chi connectivity index (χ2n) is 17.3. The van der Waals surface area contributed by atoms with Gasteiger partial charge in [-0.15, -0.1) is 0 Å². The highest BCUT2D eigenvalue weighted by molar-refractivity contribution is 6.12. The maximum Gasteiger partial charge on any atom is 0.416 e. The zero-order valence-electron chi connectivity index (χ0n) is 37.6. The van der Waals surface area contributed by atoms with Crippen molar-refractivity contribution in [1.82, 2.24) is 24.1 Å². The maximum absolute atomic E-state index is 14.4. The SMILES string of the molecule is N#Cc1ccccc1-c1ccc(-n2c3ccccc3c3cc(C(F)(F)F)ccc32)c(-c2cc(-c3nc(-c4ccccc4)nc(-c4ccccc4)n3)ccc2-n2c3ccccc3c3cc(C(F)(F)F)ccc32)c1. The first-order valence-corrected chi connectivity index (χ1v) is 22.8. The van der Waals surface area contributed by atoms with Crippen LogP contribution >= 0.6 is 0 Å². The van der Waals surface area contributed by atoms with E-state index in [-0.39, 0.29) is 0 Å². The molecule has 0 spiro atoms. The van der Waals surface area contributed by atoms with E-state index in [9.17, 15) is 31.6 Å². The molecule has 6 nitrogen and oxygen atoms in total. The number of aromatic nitrogens is 5. The summed E-state index contributed by atoms with van der Waals surface area (Å²) >= 11 is 0. The molecular formula is C60H34F6N6. The molecule has 0 unspecified atom stereocenters. The van der Waals surface area contributed by atoms with E-state index in [1.54, 1.807) is 36.4 Å². The third-order valence-electron chi connectivity index (χ3n) is 13.1. The van der Waals surface area contributed by atoms with E-state index in [0.717, 1.165) is 23.3 Å². The highest BCUT2D eigenvalue weighted by atomic mass is 19.4. The quantitative estimate of drug-likeness (QED) is 0.149. The van der Waals surface area contributed by atoms with Crippen molar-refractivity contribution in [2.24, 2.45) is 0 Å². The summed E-state index contributed by atoms with van der Waals surface area (Å²) in [7, 11) is 0. The monoisotopic (exact) mass is 952 g/mol. The van der Waals surface area contributed by atoms with Crippen LogP contribution in [0, 0.1) is 11.3 Å². The third-order valence-corrected chi connectivity index (χ3v) is 13.1. The third kappa shape index (κ3) is 7.50. The molecule has 0 aliphatic heterocycles. The number of hydrogen-bond donors (Lipinski definition) is 0. The van der Waals surface area contributed by atoms with Gasteiger partial charge in [-0.1, -0.05) is 121 Å². The molecule has 0 bridgehead atoms. The van der Waals surface area contributed by atoms with Gasteiger partial charge in [-0.05, 0) is 96.1 Å². The Labute approximate surface area is 407 Å². The van der Waals surface area contributed by atoms with Crippen LogP contribution in [0.25, 0.3) is 111 Å². The normalized spacial score (nSPS) is 12.0. The van der Waals surface area contributed by atoms with Gasteiger partial charge in [0.1, 0.15) is 0 Å². The minimum Gasteiger partial charge on any atom is -0.309 e. The van der Waals surface area contributed by atoms with Crippen LogP contribution in [0.15, 0.2) is 206 Å². The predicted octanol–water partition coefficient (Wildman–Crippen LogP) is 16.3. The Hall–Kier alpha value is -9.34. The first-order chi connectivity index (χ1) is 34.9. The van der Waals surface area contributed by atoms with Crippen molar-refractivity contribution in [3.63, 3.8) is 0 Å². The number of hydrogen-bond acceptors (Lipinski definition) is 4. The minimum absolute atomic E-state index is 0.330. The van der Waals surface area contributed by atoms with Gasteiger partial charge in [-0.25, -0.2) is 15.0 Å². The highest BCUT2D eigenvalue weighted by Crippen LogP contribution is 2.45. The molecule has 9 aromatic carbocycles. The highest BCUT2D eigenvalue weighted by Gasteiger charge is 2.33. The standard InChI is InChI=1S/C60H34F6N6/c61-59(62,63)41-25-29-54-48(33-41)44-19-9-11-21-50(44)71(54)52-27-23-38(43-18-8-7-17-40(43)35-67)31-46(52)47-32-39(58-69-56(36-13-3-1-4-14-36)68-57(70-58)37-15-5-2-6-16-37)24-28-53(47)72-51-22-12-10-20-45(51)49-34-42(60(64,65)66)26-30-55(49)72/h1-34H. The van der Waals surface area contributed by atoms with Crippen molar-refractivity contribution in [3.8, 4) is 73.9 Å². The van der Waals surface area contributed by atoms with Crippen LogP contribution < -0.4 is 0 Å². The van der Waals surface area contributed by atoms with Crippen molar-refractivity contribution >= 4 is 43.6 Å². The lowest BCUT2D eigenvalue weighted by Gasteiger charge is -2.21. The maximum atomic E-state index is 14.4. The zero-order valence-corrected chi connectivity index (χ0v) is 37.6. The summed E-state index contributed by atoms with van der Waals surface area (Å²) in [6.45, 7) is 0. The summed E-state index contributed by atoms with van der Waals surface area (Å²) in [6.07, 6.45) is -9.21. The van der Waals surface area contributed by atoms with Crippen LogP contribution in [0.1, 0.15) is 16.7 Å². The average Bonchev–Trinajstić information content (AvgIpc) is 3.92. The fourth-order valence-electron chi connectivity index (χ4n) is 9.79. The van der Waals surface area contributed by atoms with Crippen molar-refractivity contribution in [1.29, 1.82) is 5.26 Å². The van der Waals surface area contributed by atoms with E-state index in [0.29, 0.717) is 106 Å². The Morgan fingerprint density at radius 1 is 0.347 bits per heavy atom. The number of rotatable bonds is 7. The molecule has 0 saturated carbocycles. The number of benzene rings is 9. The van der Waals surface area contributed by atoms with Gasteiger partial charge in [0.25, 0.3) is 0 Å². The van der Waals surface area contributed by atoms with Gasteiger partial charge in [-0.2, -0.15) is 31.6 Å². The van der Waals surface area contributed by atoms with E-state index in [4.69, 9.17) is 15.0 Å². The van der Waals surface area contributed by atoms with Gasteiger partial charge in [-0.3, -0.25) is 0 Å². The van der Waals surface area contributed by atoms with Gasteiger partial charge in [0.2, 0.25) is 0 Å². The number of alkyl halides is 6. The average molecular weight is 953 g/mol. The van der Waals surface area contributed by atoms with Crippen molar-refractivity contribution in [3.05, 3.63) is 223 Å². The van der Waals surface area contributed by atoms with Gasteiger partial charge in [0.15, 0.2) is 17.5 Å². The van der Waals surface area contributed by atoms with Gasteiger partial charge in [0.05, 0.1) is 56.2 Å². The van der Waals surface area contributed by atoms with Crippen LogP contribution in [0.3, 0.4) is 0 Å². The summed E-state index contributed by atoms with van der Waals surface area (Å²) in [6, 6.07) is 61.9. The molecule has 72 heavy (non-hydrogen) atoms. The first kappa shape index (κ1) is 43.9. The van der Waals surface area contributed by atoms with E-state index < -0.39 is 23.5 Å². The van der Waals surface area contributed by atoms with Crippen LogP contribution in [0.2, 0.25) is 0 Å². The molecule has 0 amide bonds. The van der Waals surface area contributed by atoms with E-state index in [1.165, 1.54) is 24.3 Å². The molecule has 0 atom stereocenters. The zero-order chi connectivity index (χ0) is 49.3. The largest absolute Gasteiger partial charge is 0.416 e. The molecule has 0 aliphatic carbocycles. The number of nitriles is 1. The molecule has 3 aromatic heterocycles. The summed E-state index contributed by atoms with van der Waals surface area (Å²) in [5.41, 5.74) is 6.75. The molecule has 0 aliphatic rings. The molecular weight excluding hydrogens is 919 g/mol. The van der Waals surface area contributed by atoms with Crippen molar-refractivity contribution in [2.45, 2.75) is 12.4 Å². The van der Waals surface area contributed by atoms with Crippen molar-refractivity contribution < 1.29 is 26.3 Å². The van der Waals surface area contributed by atoms with E-state index >= 15 is 0 Å². The van der Waals surface area contributed by atoms with E-state index in [2.05, 4.69) is 6.07 Å². The molecule has 346 valence electrons. The molecule has 12 heteroatoms. The van der Waals surface area contributed by atoms with Crippen LogP contribution in [0.5, 0.6) is 0 Å². The predicted molar refractivity (Wildman–Crippen MR) is 270 cm³/mol. The molecule has 0 radical (unpaired) electrons. The topological polar surface area (TPSA) is 72.3 Å². The minimum atomic E-state index is -4.61. The second-order valence-corrected chi connectivity index (χ2v) is 17.3. The molecule has 0 N–H and O–H groups in total. The Morgan fingerprint density at radius 2 is 0.750 bits per heavy atom. The fourth-order valence-corrected chi connectivity index (χ4v) is 9.79. The molecule has 12 aromatic rings. The van der Waals surface area contributed by atoms with Gasteiger partial charge < -0.3 is 9.13 Å². The Morgan fingerprint density at radius 3 is 1.24 bits per heavy atom. The van der Waals surface area contributed by atoms with Gasteiger partial charge >= 0.3 is 12.4 Å². The number of halogens is 6. The van der Waals surface area contributed by atoms with E-state index in [1.807, 2.05) is 143 Å². The summed E-state index contributed by atoms with van der Waals surface area (Å²) in [5, 5.41) is 12.3. The molecule has 0 saturated heterocycles. The first-order valence-electron chi connectivity index (χ1n) is 22.8. The summed E-state index contributed by atoms with van der Waals surface area (Å²) < 4.78 is 90.3. The van der Waals surface area contributed by atoms with Crippen molar-refractivity contribution in [2.75, 3.05) is 0 Å². The van der Waals surface area contributed by atoms with Crippen LogP contribution in [0.4, 0.5) is 26.3 Å². The molecule has 0 fully saturated rings. The molecule has 3 heterocycles. The Kier molecular flexibility index (Phi) is 10.3.